The van der Waals surface area contributed by atoms with Gasteiger partial charge in [0.25, 0.3) is 0 Å². The Morgan fingerprint density at radius 3 is 2.36 bits per heavy atom. The summed E-state index contributed by atoms with van der Waals surface area (Å²) in [4.78, 5) is 10.8. The van der Waals surface area contributed by atoms with Crippen molar-refractivity contribution < 1.29 is 14.3 Å². The monoisotopic (exact) mass is 190 g/mol. The number of hydrogen-bond donors (Lipinski definition) is 1. The number of aromatic hydroxyl groups is 1. The highest BCUT2D eigenvalue weighted by atomic mass is 16.3. The summed E-state index contributed by atoms with van der Waals surface area (Å²) in [5, 5.41) is 11.5. The van der Waals surface area contributed by atoms with Crippen LogP contribution in [0.2, 0.25) is 0 Å². The van der Waals surface area contributed by atoms with Crippen molar-refractivity contribution in [1.29, 1.82) is 0 Å². The molecular formula is C11H10O3. The van der Waals surface area contributed by atoms with Crippen LogP contribution in [0.15, 0.2) is 16.9 Å². The third kappa shape index (κ3) is 0.954. The van der Waals surface area contributed by atoms with Gasteiger partial charge in [-0.05, 0) is 19.4 Å². The molecule has 0 aliphatic carbocycles. The number of hydrogen-bond acceptors (Lipinski definition) is 3. The lowest BCUT2D eigenvalue weighted by atomic mass is 9.98. The lowest BCUT2D eigenvalue weighted by Crippen LogP contribution is -1.91. The molecule has 0 atom stereocenters. The normalized spacial score (nSPS) is 10.7. The SMILES string of the molecule is Cc1c(O)c(C=O)c(C)c2cocc12. The van der Waals surface area contributed by atoms with Gasteiger partial charge in [-0.1, -0.05) is 0 Å². The van der Waals surface area contributed by atoms with E-state index in [1.165, 1.54) is 0 Å². The number of carbonyl (C=O) groups excluding carboxylic acids is 1. The van der Waals surface area contributed by atoms with Crippen molar-refractivity contribution in [2.75, 3.05) is 0 Å². The number of fused-ring (bicyclic) bond motifs is 1. The van der Waals surface area contributed by atoms with Crippen molar-refractivity contribution in [2.24, 2.45) is 0 Å². The largest absolute Gasteiger partial charge is 0.507 e. The summed E-state index contributed by atoms with van der Waals surface area (Å²) in [6, 6.07) is 0. The van der Waals surface area contributed by atoms with Gasteiger partial charge in [-0.2, -0.15) is 0 Å². The van der Waals surface area contributed by atoms with E-state index in [0.29, 0.717) is 17.4 Å². The van der Waals surface area contributed by atoms with Crippen molar-refractivity contribution in [3.05, 3.63) is 29.2 Å². The topological polar surface area (TPSA) is 50.4 Å². The number of aldehydes is 1. The molecule has 0 aliphatic rings. The van der Waals surface area contributed by atoms with Crippen LogP contribution in [-0.2, 0) is 0 Å². The summed E-state index contributed by atoms with van der Waals surface area (Å²) in [5.41, 5.74) is 1.78. The minimum absolute atomic E-state index is 0.0476. The first-order chi connectivity index (χ1) is 6.66. The number of phenols is 1. The highest BCUT2D eigenvalue weighted by Gasteiger charge is 2.14. The Morgan fingerprint density at radius 1 is 1.21 bits per heavy atom. The van der Waals surface area contributed by atoms with Gasteiger partial charge in [0.1, 0.15) is 5.75 Å². The zero-order valence-electron chi connectivity index (χ0n) is 8.00. The smallest absolute Gasteiger partial charge is 0.154 e. The molecule has 14 heavy (non-hydrogen) atoms. The lowest BCUT2D eigenvalue weighted by Gasteiger charge is -2.06. The van der Waals surface area contributed by atoms with Crippen molar-refractivity contribution in [3.63, 3.8) is 0 Å². The second kappa shape index (κ2) is 2.87. The minimum atomic E-state index is 0.0476. The van der Waals surface area contributed by atoms with Crippen LogP contribution < -0.4 is 0 Å². The first-order valence-corrected chi connectivity index (χ1v) is 4.30. The summed E-state index contributed by atoms with van der Waals surface area (Å²) in [7, 11) is 0. The summed E-state index contributed by atoms with van der Waals surface area (Å²) in [5.74, 6) is 0.0476. The van der Waals surface area contributed by atoms with Gasteiger partial charge < -0.3 is 9.52 Å². The predicted octanol–water partition coefficient (Wildman–Crippen LogP) is 2.57. The number of phenolic OH excluding ortho intramolecular Hbond substituents is 1. The molecule has 0 fully saturated rings. The van der Waals surface area contributed by atoms with Crippen LogP contribution in [0.3, 0.4) is 0 Å². The first-order valence-electron chi connectivity index (χ1n) is 4.30. The van der Waals surface area contributed by atoms with Gasteiger partial charge in [-0.3, -0.25) is 4.79 Å². The van der Waals surface area contributed by atoms with E-state index in [-0.39, 0.29) is 5.75 Å². The number of carbonyl (C=O) groups is 1. The highest BCUT2D eigenvalue weighted by Crippen LogP contribution is 2.33. The molecule has 0 unspecified atom stereocenters. The molecule has 2 rings (SSSR count). The maximum Gasteiger partial charge on any atom is 0.154 e. The van der Waals surface area contributed by atoms with Crippen LogP contribution in [0.25, 0.3) is 10.8 Å². The molecule has 3 nitrogen and oxygen atoms in total. The van der Waals surface area contributed by atoms with E-state index in [1.807, 2.05) is 0 Å². The molecule has 1 aromatic carbocycles. The predicted molar refractivity (Wildman–Crippen MR) is 52.7 cm³/mol. The van der Waals surface area contributed by atoms with Gasteiger partial charge in [0.2, 0.25) is 0 Å². The molecule has 1 N–H and O–H groups in total. The number of aryl methyl sites for hydroxylation is 2. The molecule has 0 radical (unpaired) electrons. The molecule has 72 valence electrons. The van der Waals surface area contributed by atoms with Crippen LogP contribution >= 0.6 is 0 Å². The van der Waals surface area contributed by atoms with Crippen molar-refractivity contribution >= 4 is 17.1 Å². The second-order valence-electron chi connectivity index (χ2n) is 3.33. The zero-order valence-corrected chi connectivity index (χ0v) is 8.00. The average Bonchev–Trinajstić information content (AvgIpc) is 2.64. The molecule has 0 saturated heterocycles. The van der Waals surface area contributed by atoms with Crippen LogP contribution in [-0.4, -0.2) is 11.4 Å². The fourth-order valence-electron chi connectivity index (χ4n) is 1.67. The van der Waals surface area contributed by atoms with E-state index in [2.05, 4.69) is 0 Å². The third-order valence-corrected chi connectivity index (χ3v) is 2.60. The van der Waals surface area contributed by atoms with Gasteiger partial charge in [0.15, 0.2) is 6.29 Å². The van der Waals surface area contributed by atoms with Gasteiger partial charge in [0.05, 0.1) is 18.1 Å². The Hall–Kier alpha value is -1.77. The number of benzene rings is 1. The van der Waals surface area contributed by atoms with Gasteiger partial charge >= 0.3 is 0 Å². The van der Waals surface area contributed by atoms with E-state index >= 15 is 0 Å². The Morgan fingerprint density at radius 2 is 1.79 bits per heavy atom. The Bertz CT molecular complexity index is 509. The van der Waals surface area contributed by atoms with Gasteiger partial charge in [-0.25, -0.2) is 0 Å². The van der Waals surface area contributed by atoms with E-state index in [9.17, 15) is 9.90 Å². The molecule has 3 heteroatoms. The quantitative estimate of drug-likeness (QED) is 0.703. The van der Waals surface area contributed by atoms with Crippen LogP contribution in [0, 0.1) is 13.8 Å². The molecule has 0 saturated carbocycles. The fourth-order valence-corrected chi connectivity index (χ4v) is 1.67. The molecule has 0 amide bonds. The summed E-state index contributed by atoms with van der Waals surface area (Å²) >= 11 is 0. The molecule has 2 aromatic rings. The molecule has 0 bridgehead atoms. The Kier molecular flexibility index (Phi) is 1.81. The molecular weight excluding hydrogens is 180 g/mol. The van der Waals surface area contributed by atoms with E-state index < -0.39 is 0 Å². The maximum absolute atomic E-state index is 10.8. The van der Waals surface area contributed by atoms with Gasteiger partial charge in [0, 0.05) is 16.3 Å². The van der Waals surface area contributed by atoms with Gasteiger partial charge in [-0.15, -0.1) is 0 Å². The molecule has 0 aliphatic heterocycles. The number of rotatable bonds is 1. The third-order valence-electron chi connectivity index (χ3n) is 2.60. The minimum Gasteiger partial charge on any atom is -0.507 e. The second-order valence-corrected chi connectivity index (χ2v) is 3.33. The first kappa shape index (κ1) is 8.81. The van der Waals surface area contributed by atoms with Crippen molar-refractivity contribution in [2.45, 2.75) is 13.8 Å². The molecule has 0 spiro atoms. The summed E-state index contributed by atoms with van der Waals surface area (Å²) in [6.45, 7) is 3.56. The lowest BCUT2D eigenvalue weighted by molar-refractivity contribution is 0.112. The summed E-state index contributed by atoms with van der Waals surface area (Å²) in [6.07, 6.45) is 3.83. The highest BCUT2D eigenvalue weighted by molar-refractivity contribution is 5.97. The zero-order chi connectivity index (χ0) is 10.3. The van der Waals surface area contributed by atoms with Crippen molar-refractivity contribution in [3.8, 4) is 5.75 Å². The fraction of sp³-hybridized carbons (Fsp3) is 0.182. The van der Waals surface area contributed by atoms with E-state index in [4.69, 9.17) is 4.42 Å². The van der Waals surface area contributed by atoms with Crippen molar-refractivity contribution in [1.82, 2.24) is 0 Å². The maximum atomic E-state index is 10.8. The standard InChI is InChI=1S/C11H10O3/c1-6-8(3-12)11(13)7(2)10-5-14-4-9(6)10/h3-5,13H,1-2H3. The van der Waals surface area contributed by atoms with Crippen LogP contribution in [0.4, 0.5) is 0 Å². The Balaban J connectivity index is 3.01. The average molecular weight is 190 g/mol. The number of furan rings is 1. The van der Waals surface area contributed by atoms with E-state index in [1.54, 1.807) is 26.4 Å². The van der Waals surface area contributed by atoms with Crippen LogP contribution in [0.1, 0.15) is 21.5 Å². The molecule has 1 aromatic heterocycles. The van der Waals surface area contributed by atoms with E-state index in [0.717, 1.165) is 16.3 Å². The Labute approximate surface area is 81.0 Å². The summed E-state index contributed by atoms with van der Waals surface area (Å²) < 4.78 is 5.05. The van der Waals surface area contributed by atoms with Crippen LogP contribution in [0.5, 0.6) is 5.75 Å². The molecule has 1 heterocycles.